The Bertz CT molecular complexity index is 607. The van der Waals surface area contributed by atoms with Gasteiger partial charge in [-0.2, -0.15) is 5.10 Å². The number of hydrogen-bond donors (Lipinski definition) is 1. The van der Waals surface area contributed by atoms with Crippen LogP contribution in [0.3, 0.4) is 0 Å². The minimum absolute atomic E-state index is 0.0639. The Morgan fingerprint density at radius 1 is 1.41 bits per heavy atom. The summed E-state index contributed by atoms with van der Waals surface area (Å²) in [6.07, 6.45) is 0. The van der Waals surface area contributed by atoms with Crippen LogP contribution in [0.25, 0.3) is 5.69 Å². The zero-order chi connectivity index (χ0) is 12.4. The molecule has 0 bridgehead atoms. The van der Waals surface area contributed by atoms with Crippen molar-refractivity contribution < 1.29 is 4.39 Å². The number of aryl methyl sites for hydroxylation is 1. The number of hydrogen-bond acceptors (Lipinski definition) is 3. The van der Waals surface area contributed by atoms with Crippen molar-refractivity contribution in [3.8, 4) is 5.69 Å². The maximum Gasteiger partial charge on any atom is 0.204 e. The van der Waals surface area contributed by atoms with Gasteiger partial charge in [0, 0.05) is 18.3 Å². The number of aromatic nitrogens is 2. The molecule has 17 heavy (non-hydrogen) atoms. The quantitative estimate of drug-likeness (QED) is 0.846. The van der Waals surface area contributed by atoms with E-state index in [4.69, 9.17) is 5.73 Å². The summed E-state index contributed by atoms with van der Waals surface area (Å²) < 4.78 is 14.6. The molecule has 0 saturated carbocycles. The van der Waals surface area contributed by atoms with Crippen LogP contribution >= 0.6 is 0 Å². The number of halogens is 1. The standard InChI is InChI=1S/C12H12FN3O/c1-8-5-12(17)11(7-14)15-16(8)10-4-2-3-9(13)6-10/h2-6H,7,14H2,1H3. The van der Waals surface area contributed by atoms with Gasteiger partial charge in [0.15, 0.2) is 0 Å². The summed E-state index contributed by atoms with van der Waals surface area (Å²) in [7, 11) is 0. The first-order valence-corrected chi connectivity index (χ1v) is 5.17. The molecule has 0 aliphatic heterocycles. The Labute approximate surface area is 97.5 Å². The summed E-state index contributed by atoms with van der Waals surface area (Å²) in [4.78, 5) is 11.5. The molecule has 4 nitrogen and oxygen atoms in total. The smallest absolute Gasteiger partial charge is 0.204 e. The average Bonchev–Trinajstić information content (AvgIpc) is 2.29. The fourth-order valence-electron chi connectivity index (χ4n) is 1.59. The highest BCUT2D eigenvalue weighted by molar-refractivity contribution is 5.33. The van der Waals surface area contributed by atoms with Gasteiger partial charge < -0.3 is 5.73 Å². The van der Waals surface area contributed by atoms with Crippen LogP contribution in [0.5, 0.6) is 0 Å². The molecule has 2 aromatic rings. The van der Waals surface area contributed by atoms with E-state index in [1.54, 1.807) is 19.1 Å². The topological polar surface area (TPSA) is 60.9 Å². The second-order valence-electron chi connectivity index (χ2n) is 3.69. The molecule has 88 valence electrons. The van der Waals surface area contributed by atoms with E-state index >= 15 is 0 Å². The van der Waals surface area contributed by atoms with Crippen LogP contribution in [0.2, 0.25) is 0 Å². The summed E-state index contributed by atoms with van der Waals surface area (Å²) in [6, 6.07) is 7.45. The van der Waals surface area contributed by atoms with Gasteiger partial charge in [-0.25, -0.2) is 9.07 Å². The maximum atomic E-state index is 13.1. The van der Waals surface area contributed by atoms with Crippen molar-refractivity contribution in [2.24, 2.45) is 5.73 Å². The molecule has 0 fully saturated rings. The highest BCUT2D eigenvalue weighted by Gasteiger charge is 2.06. The summed E-state index contributed by atoms with van der Waals surface area (Å²) >= 11 is 0. The third-order valence-corrected chi connectivity index (χ3v) is 2.43. The van der Waals surface area contributed by atoms with Crippen LogP contribution in [0, 0.1) is 12.7 Å². The van der Waals surface area contributed by atoms with Gasteiger partial charge in [0.1, 0.15) is 11.5 Å². The molecule has 0 aliphatic rings. The van der Waals surface area contributed by atoms with Crippen molar-refractivity contribution in [2.45, 2.75) is 13.5 Å². The molecule has 1 aromatic carbocycles. The number of rotatable bonds is 2. The summed E-state index contributed by atoms with van der Waals surface area (Å²) in [5.74, 6) is -0.350. The van der Waals surface area contributed by atoms with Gasteiger partial charge in [-0.15, -0.1) is 0 Å². The summed E-state index contributed by atoms with van der Waals surface area (Å²) in [5.41, 5.74) is 6.70. The number of nitrogens with two attached hydrogens (primary N) is 1. The van der Waals surface area contributed by atoms with E-state index in [2.05, 4.69) is 5.10 Å². The highest BCUT2D eigenvalue weighted by atomic mass is 19.1. The predicted octanol–water partition coefficient (Wildman–Crippen LogP) is 1.14. The molecule has 2 N–H and O–H groups in total. The van der Waals surface area contributed by atoms with Crippen molar-refractivity contribution in [2.75, 3.05) is 0 Å². The molecule has 2 rings (SSSR count). The van der Waals surface area contributed by atoms with Crippen LogP contribution in [-0.4, -0.2) is 9.78 Å². The summed E-state index contributed by atoms with van der Waals surface area (Å²) in [5, 5.41) is 4.11. The Hall–Kier alpha value is -2.01. The zero-order valence-electron chi connectivity index (χ0n) is 9.35. The lowest BCUT2D eigenvalue weighted by Crippen LogP contribution is -2.21. The first-order valence-electron chi connectivity index (χ1n) is 5.17. The van der Waals surface area contributed by atoms with Gasteiger partial charge in [0.05, 0.1) is 5.69 Å². The lowest BCUT2D eigenvalue weighted by Gasteiger charge is -2.10. The molecule has 1 aromatic heterocycles. The number of benzene rings is 1. The van der Waals surface area contributed by atoms with Gasteiger partial charge in [0.25, 0.3) is 0 Å². The third-order valence-electron chi connectivity index (χ3n) is 2.43. The van der Waals surface area contributed by atoms with E-state index in [9.17, 15) is 9.18 Å². The van der Waals surface area contributed by atoms with Crippen molar-refractivity contribution in [1.29, 1.82) is 0 Å². The van der Waals surface area contributed by atoms with Crippen LogP contribution < -0.4 is 11.2 Å². The molecule has 0 amide bonds. The first-order chi connectivity index (χ1) is 8.11. The molecular formula is C12H12FN3O. The molecule has 1 heterocycles. The lowest BCUT2D eigenvalue weighted by molar-refractivity contribution is 0.623. The first kappa shape index (κ1) is 11.5. The second kappa shape index (κ2) is 4.47. The van der Waals surface area contributed by atoms with Crippen molar-refractivity contribution in [1.82, 2.24) is 9.78 Å². The monoisotopic (exact) mass is 233 g/mol. The Morgan fingerprint density at radius 3 is 2.82 bits per heavy atom. The van der Waals surface area contributed by atoms with E-state index in [0.29, 0.717) is 11.4 Å². The molecule has 0 aliphatic carbocycles. The Morgan fingerprint density at radius 2 is 2.18 bits per heavy atom. The fraction of sp³-hybridized carbons (Fsp3) is 0.167. The molecule has 0 radical (unpaired) electrons. The zero-order valence-corrected chi connectivity index (χ0v) is 9.35. The summed E-state index contributed by atoms with van der Waals surface area (Å²) in [6.45, 7) is 1.80. The Kier molecular flexibility index (Phi) is 3.01. The van der Waals surface area contributed by atoms with E-state index < -0.39 is 0 Å². The molecule has 0 atom stereocenters. The van der Waals surface area contributed by atoms with E-state index in [1.807, 2.05) is 0 Å². The van der Waals surface area contributed by atoms with Crippen LogP contribution in [0.1, 0.15) is 11.4 Å². The Balaban J connectivity index is 2.63. The molecule has 5 heteroatoms. The average molecular weight is 233 g/mol. The largest absolute Gasteiger partial charge is 0.325 e. The van der Waals surface area contributed by atoms with Gasteiger partial charge in [-0.1, -0.05) is 6.07 Å². The molecule has 0 unspecified atom stereocenters. The minimum atomic E-state index is -0.350. The van der Waals surface area contributed by atoms with Gasteiger partial charge in [0.2, 0.25) is 5.43 Å². The third kappa shape index (κ3) is 2.24. The van der Waals surface area contributed by atoms with Crippen molar-refractivity contribution in [3.05, 3.63) is 57.8 Å². The minimum Gasteiger partial charge on any atom is -0.325 e. The SMILES string of the molecule is Cc1cc(=O)c(CN)nn1-c1cccc(F)c1. The van der Waals surface area contributed by atoms with Crippen molar-refractivity contribution >= 4 is 0 Å². The van der Waals surface area contributed by atoms with Gasteiger partial charge in [-0.05, 0) is 25.1 Å². The van der Waals surface area contributed by atoms with E-state index in [1.165, 1.54) is 22.9 Å². The van der Waals surface area contributed by atoms with E-state index in [0.717, 1.165) is 0 Å². The van der Waals surface area contributed by atoms with E-state index in [-0.39, 0.29) is 23.5 Å². The number of nitrogens with zero attached hydrogens (tertiary/aromatic N) is 2. The highest BCUT2D eigenvalue weighted by Crippen LogP contribution is 2.10. The molecule has 0 saturated heterocycles. The van der Waals surface area contributed by atoms with Gasteiger partial charge >= 0.3 is 0 Å². The molecule has 0 spiro atoms. The second-order valence-corrected chi connectivity index (χ2v) is 3.69. The van der Waals surface area contributed by atoms with Gasteiger partial charge in [-0.3, -0.25) is 4.79 Å². The maximum absolute atomic E-state index is 13.1. The van der Waals surface area contributed by atoms with Crippen LogP contribution in [-0.2, 0) is 6.54 Å². The lowest BCUT2D eigenvalue weighted by atomic mass is 10.3. The molecular weight excluding hydrogens is 221 g/mol. The normalized spacial score (nSPS) is 10.5. The van der Waals surface area contributed by atoms with Crippen LogP contribution in [0.15, 0.2) is 35.1 Å². The fourth-order valence-corrected chi connectivity index (χ4v) is 1.59. The predicted molar refractivity (Wildman–Crippen MR) is 62.4 cm³/mol. The van der Waals surface area contributed by atoms with Crippen molar-refractivity contribution in [3.63, 3.8) is 0 Å². The van der Waals surface area contributed by atoms with Crippen LogP contribution in [0.4, 0.5) is 4.39 Å².